The number of nitrogens with zero attached hydrogens (tertiary/aromatic N) is 1. The van der Waals surface area contributed by atoms with Crippen LogP contribution in [0.15, 0.2) is 18.2 Å². The Morgan fingerprint density at radius 1 is 1.07 bits per heavy atom. The van der Waals surface area contributed by atoms with E-state index in [9.17, 15) is 4.79 Å². The normalized spacial score (nSPS) is 16.9. The Morgan fingerprint density at radius 2 is 1.73 bits per heavy atom. The molecule has 2 rings (SSSR count). The molecule has 0 spiro atoms. The Hall–Kier alpha value is -1.31. The summed E-state index contributed by atoms with van der Waals surface area (Å²) in [5.74, 6) is 0.398. The van der Waals surface area contributed by atoms with Crippen molar-refractivity contribution in [1.29, 1.82) is 0 Å². The van der Waals surface area contributed by atoms with Crippen molar-refractivity contribution in [3.8, 4) is 0 Å². The molecule has 1 aromatic carbocycles. The monoisotopic (exact) mass is 203 g/mol. The van der Waals surface area contributed by atoms with E-state index in [1.54, 1.807) is 0 Å². The molecule has 1 aliphatic heterocycles. The fraction of sp³-hybridized carbons (Fsp3) is 0.462. The zero-order chi connectivity index (χ0) is 10.8. The highest BCUT2D eigenvalue weighted by Gasteiger charge is 2.16. The van der Waals surface area contributed by atoms with Crippen LogP contribution in [0.5, 0.6) is 0 Å². The first kappa shape index (κ1) is 10.2. The minimum absolute atomic E-state index is 0.398. The lowest BCUT2D eigenvalue weighted by molar-refractivity contribution is -0.119. The molecule has 80 valence electrons. The average molecular weight is 203 g/mol. The van der Waals surface area contributed by atoms with Gasteiger partial charge in [0.05, 0.1) is 0 Å². The number of carbonyl (C=O) groups is 1. The zero-order valence-electron chi connectivity index (χ0n) is 9.42. The molecule has 15 heavy (non-hydrogen) atoms. The minimum atomic E-state index is 0.398. The van der Waals surface area contributed by atoms with E-state index in [0.29, 0.717) is 18.6 Å². The third kappa shape index (κ3) is 2.20. The van der Waals surface area contributed by atoms with Crippen LogP contribution in [0.4, 0.5) is 5.69 Å². The number of Topliss-reactive ketones (excluding diaryl/α,β-unsaturated/α-hetero) is 1. The van der Waals surface area contributed by atoms with Gasteiger partial charge >= 0.3 is 0 Å². The molecule has 1 aromatic rings. The Balaban J connectivity index is 2.16. The number of ketones is 1. The number of carbonyl (C=O) groups excluding carboxylic acids is 1. The maximum Gasteiger partial charge on any atom is 0.136 e. The Kier molecular flexibility index (Phi) is 2.76. The van der Waals surface area contributed by atoms with Crippen molar-refractivity contribution >= 4 is 11.5 Å². The summed E-state index contributed by atoms with van der Waals surface area (Å²) in [5.41, 5.74) is 3.90. The molecule has 0 atom stereocenters. The summed E-state index contributed by atoms with van der Waals surface area (Å²) in [6.45, 7) is 6.01. The van der Waals surface area contributed by atoms with Crippen molar-refractivity contribution < 1.29 is 4.79 Å². The lowest BCUT2D eigenvalue weighted by Gasteiger charge is -2.28. The van der Waals surface area contributed by atoms with Crippen LogP contribution < -0.4 is 4.90 Å². The third-order valence-electron chi connectivity index (χ3n) is 3.18. The summed E-state index contributed by atoms with van der Waals surface area (Å²) < 4.78 is 0. The summed E-state index contributed by atoms with van der Waals surface area (Å²) in [6, 6.07) is 6.52. The second kappa shape index (κ2) is 4.05. The van der Waals surface area contributed by atoms with E-state index in [-0.39, 0.29) is 0 Å². The van der Waals surface area contributed by atoms with Crippen LogP contribution in [0.3, 0.4) is 0 Å². The van der Waals surface area contributed by atoms with Crippen LogP contribution in [0.2, 0.25) is 0 Å². The fourth-order valence-electron chi connectivity index (χ4n) is 1.94. The van der Waals surface area contributed by atoms with Gasteiger partial charge in [-0.1, -0.05) is 6.07 Å². The van der Waals surface area contributed by atoms with Gasteiger partial charge < -0.3 is 4.90 Å². The van der Waals surface area contributed by atoms with Gasteiger partial charge in [-0.15, -0.1) is 0 Å². The second-order valence-corrected chi connectivity index (χ2v) is 4.29. The molecule has 1 aliphatic rings. The highest BCUT2D eigenvalue weighted by atomic mass is 16.1. The molecule has 0 radical (unpaired) electrons. The van der Waals surface area contributed by atoms with Crippen molar-refractivity contribution in [2.75, 3.05) is 18.0 Å². The van der Waals surface area contributed by atoms with E-state index in [4.69, 9.17) is 0 Å². The van der Waals surface area contributed by atoms with E-state index < -0.39 is 0 Å². The molecule has 0 aliphatic carbocycles. The van der Waals surface area contributed by atoms with Crippen molar-refractivity contribution in [2.45, 2.75) is 26.7 Å². The highest BCUT2D eigenvalue weighted by molar-refractivity contribution is 5.81. The van der Waals surface area contributed by atoms with Crippen LogP contribution in [-0.4, -0.2) is 18.9 Å². The SMILES string of the molecule is Cc1ccc(N2CCC(=O)CC2)cc1C. The summed E-state index contributed by atoms with van der Waals surface area (Å²) in [6.07, 6.45) is 1.40. The molecule has 1 fully saturated rings. The smallest absolute Gasteiger partial charge is 0.136 e. The molecular formula is C13H17NO. The maximum absolute atomic E-state index is 11.1. The largest absolute Gasteiger partial charge is 0.371 e. The Bertz CT molecular complexity index is 374. The van der Waals surface area contributed by atoms with E-state index in [1.807, 2.05) is 0 Å². The van der Waals surface area contributed by atoms with Crippen LogP contribution in [0.1, 0.15) is 24.0 Å². The first-order valence-corrected chi connectivity index (χ1v) is 5.51. The van der Waals surface area contributed by atoms with Crippen LogP contribution in [0.25, 0.3) is 0 Å². The first-order chi connectivity index (χ1) is 7.16. The molecule has 0 amide bonds. The number of hydrogen-bond acceptors (Lipinski definition) is 2. The van der Waals surface area contributed by atoms with Crippen molar-refractivity contribution in [3.05, 3.63) is 29.3 Å². The predicted molar refractivity (Wildman–Crippen MR) is 62.4 cm³/mol. The van der Waals surface area contributed by atoms with Crippen LogP contribution >= 0.6 is 0 Å². The van der Waals surface area contributed by atoms with Gasteiger partial charge in [-0.05, 0) is 37.1 Å². The lowest BCUT2D eigenvalue weighted by Crippen LogP contribution is -2.33. The standard InChI is InChI=1S/C13H17NO/c1-10-3-4-12(9-11(10)2)14-7-5-13(15)6-8-14/h3-4,9H,5-8H2,1-2H3. The summed E-state index contributed by atoms with van der Waals surface area (Å²) in [7, 11) is 0. The van der Waals surface area contributed by atoms with E-state index >= 15 is 0 Å². The molecule has 0 aromatic heterocycles. The molecule has 0 saturated carbocycles. The number of anilines is 1. The van der Waals surface area contributed by atoms with Gasteiger partial charge in [0.25, 0.3) is 0 Å². The van der Waals surface area contributed by atoms with Crippen molar-refractivity contribution in [1.82, 2.24) is 0 Å². The molecule has 1 heterocycles. The quantitative estimate of drug-likeness (QED) is 0.699. The number of aryl methyl sites for hydroxylation is 2. The van der Waals surface area contributed by atoms with Gasteiger partial charge in [-0.25, -0.2) is 0 Å². The molecule has 2 heteroatoms. The Labute approximate surface area is 90.9 Å². The van der Waals surface area contributed by atoms with E-state index in [2.05, 4.69) is 36.9 Å². The molecular weight excluding hydrogens is 186 g/mol. The van der Waals surface area contributed by atoms with Crippen molar-refractivity contribution in [3.63, 3.8) is 0 Å². The topological polar surface area (TPSA) is 20.3 Å². The van der Waals surface area contributed by atoms with E-state index in [1.165, 1.54) is 16.8 Å². The molecule has 2 nitrogen and oxygen atoms in total. The third-order valence-corrected chi connectivity index (χ3v) is 3.18. The van der Waals surface area contributed by atoms with Crippen molar-refractivity contribution in [2.24, 2.45) is 0 Å². The zero-order valence-corrected chi connectivity index (χ0v) is 9.42. The first-order valence-electron chi connectivity index (χ1n) is 5.51. The van der Waals surface area contributed by atoms with Crippen LogP contribution in [-0.2, 0) is 4.79 Å². The molecule has 1 saturated heterocycles. The van der Waals surface area contributed by atoms with Gasteiger partial charge in [-0.2, -0.15) is 0 Å². The second-order valence-electron chi connectivity index (χ2n) is 4.29. The van der Waals surface area contributed by atoms with E-state index in [0.717, 1.165) is 13.1 Å². The van der Waals surface area contributed by atoms with Gasteiger partial charge in [0.2, 0.25) is 0 Å². The fourth-order valence-corrected chi connectivity index (χ4v) is 1.94. The van der Waals surface area contributed by atoms with Gasteiger partial charge in [0.1, 0.15) is 5.78 Å². The molecule has 0 unspecified atom stereocenters. The number of rotatable bonds is 1. The highest BCUT2D eigenvalue weighted by Crippen LogP contribution is 2.21. The summed E-state index contributed by atoms with van der Waals surface area (Å²) in [4.78, 5) is 13.4. The predicted octanol–water partition coefficient (Wildman–Crippen LogP) is 2.47. The lowest BCUT2D eigenvalue weighted by atomic mass is 10.1. The number of piperidine rings is 1. The molecule has 0 bridgehead atoms. The summed E-state index contributed by atoms with van der Waals surface area (Å²) >= 11 is 0. The average Bonchev–Trinajstić information content (AvgIpc) is 2.23. The Morgan fingerprint density at radius 3 is 2.33 bits per heavy atom. The maximum atomic E-state index is 11.1. The van der Waals surface area contributed by atoms with Gasteiger partial charge in [0, 0.05) is 31.6 Å². The van der Waals surface area contributed by atoms with Gasteiger partial charge in [-0.3, -0.25) is 4.79 Å². The van der Waals surface area contributed by atoms with Gasteiger partial charge in [0.15, 0.2) is 0 Å². The minimum Gasteiger partial charge on any atom is -0.371 e. The number of benzene rings is 1. The number of hydrogen-bond donors (Lipinski definition) is 0. The summed E-state index contributed by atoms with van der Waals surface area (Å²) in [5, 5.41) is 0. The van der Waals surface area contributed by atoms with Crippen LogP contribution in [0, 0.1) is 13.8 Å². The molecule has 0 N–H and O–H groups in total.